The van der Waals surface area contributed by atoms with E-state index in [1.165, 1.54) is 15.9 Å². The van der Waals surface area contributed by atoms with E-state index in [4.69, 9.17) is 0 Å². The summed E-state index contributed by atoms with van der Waals surface area (Å²) in [6.07, 6.45) is 4.38. The molecule has 1 fully saturated rings. The number of carbonyl (C=O) groups is 1. The smallest absolute Gasteiger partial charge is 0.262 e. The SMILES string of the molecule is Cc1nc2sc(-c3ccccc3)cc2c(=O)n1CC(=O)NC1CCCC1. The number of aryl methyl sites for hydroxylation is 1. The van der Waals surface area contributed by atoms with Gasteiger partial charge < -0.3 is 5.32 Å². The third kappa shape index (κ3) is 3.29. The van der Waals surface area contributed by atoms with Gasteiger partial charge in [0.1, 0.15) is 17.2 Å². The van der Waals surface area contributed by atoms with Crippen LogP contribution >= 0.6 is 11.3 Å². The lowest BCUT2D eigenvalue weighted by Gasteiger charge is -2.14. The molecule has 1 saturated carbocycles. The summed E-state index contributed by atoms with van der Waals surface area (Å²) >= 11 is 1.51. The van der Waals surface area contributed by atoms with Crippen LogP contribution in [-0.2, 0) is 11.3 Å². The standard InChI is InChI=1S/C20H21N3O2S/c1-13-21-19-16(11-17(26-19)14-7-3-2-4-8-14)20(25)23(13)12-18(24)22-15-9-5-6-10-15/h2-4,7-8,11,15H,5-6,9-10,12H2,1H3,(H,22,24). The summed E-state index contributed by atoms with van der Waals surface area (Å²) in [5.74, 6) is 0.465. The molecule has 26 heavy (non-hydrogen) atoms. The first-order chi connectivity index (χ1) is 12.6. The number of carbonyl (C=O) groups excluding carboxylic acids is 1. The van der Waals surface area contributed by atoms with E-state index in [9.17, 15) is 9.59 Å². The van der Waals surface area contributed by atoms with Gasteiger partial charge >= 0.3 is 0 Å². The van der Waals surface area contributed by atoms with Crippen LogP contribution in [-0.4, -0.2) is 21.5 Å². The summed E-state index contributed by atoms with van der Waals surface area (Å²) < 4.78 is 1.48. The molecule has 0 atom stereocenters. The van der Waals surface area contributed by atoms with E-state index in [1.807, 2.05) is 36.4 Å². The number of hydrogen-bond donors (Lipinski definition) is 1. The fraction of sp³-hybridized carbons (Fsp3) is 0.350. The molecular formula is C20H21N3O2S. The highest BCUT2D eigenvalue weighted by atomic mass is 32.1. The number of benzene rings is 1. The molecule has 1 N–H and O–H groups in total. The summed E-state index contributed by atoms with van der Waals surface area (Å²) in [7, 11) is 0. The van der Waals surface area contributed by atoms with Crippen molar-refractivity contribution in [3.63, 3.8) is 0 Å². The Morgan fingerprint density at radius 2 is 2.00 bits per heavy atom. The Labute approximate surface area is 155 Å². The quantitative estimate of drug-likeness (QED) is 0.768. The largest absolute Gasteiger partial charge is 0.352 e. The molecule has 3 aromatic rings. The van der Waals surface area contributed by atoms with Crippen LogP contribution in [0.25, 0.3) is 20.7 Å². The Kier molecular flexibility index (Phi) is 4.59. The van der Waals surface area contributed by atoms with Crippen molar-refractivity contribution >= 4 is 27.5 Å². The van der Waals surface area contributed by atoms with Gasteiger partial charge in [0.2, 0.25) is 5.91 Å². The van der Waals surface area contributed by atoms with Gasteiger partial charge in [-0.2, -0.15) is 0 Å². The lowest BCUT2D eigenvalue weighted by Crippen LogP contribution is -2.38. The molecule has 0 saturated heterocycles. The molecule has 134 valence electrons. The maximum atomic E-state index is 12.9. The first-order valence-electron chi connectivity index (χ1n) is 8.97. The highest BCUT2D eigenvalue weighted by Gasteiger charge is 2.19. The molecule has 0 bridgehead atoms. The van der Waals surface area contributed by atoms with Crippen molar-refractivity contribution in [2.75, 3.05) is 0 Å². The first-order valence-corrected chi connectivity index (χ1v) is 9.79. The van der Waals surface area contributed by atoms with Gasteiger partial charge in [-0.3, -0.25) is 14.2 Å². The van der Waals surface area contributed by atoms with Crippen molar-refractivity contribution in [2.24, 2.45) is 0 Å². The molecule has 1 amide bonds. The van der Waals surface area contributed by atoms with E-state index in [1.54, 1.807) is 6.92 Å². The van der Waals surface area contributed by atoms with Crippen LogP contribution in [0.2, 0.25) is 0 Å². The highest BCUT2D eigenvalue weighted by molar-refractivity contribution is 7.21. The topological polar surface area (TPSA) is 64.0 Å². The van der Waals surface area contributed by atoms with E-state index in [-0.39, 0.29) is 24.1 Å². The molecule has 0 spiro atoms. The van der Waals surface area contributed by atoms with Crippen LogP contribution < -0.4 is 10.9 Å². The second-order valence-electron chi connectivity index (χ2n) is 6.79. The number of aromatic nitrogens is 2. The fourth-order valence-corrected chi connectivity index (χ4v) is 4.61. The molecule has 0 unspecified atom stereocenters. The maximum Gasteiger partial charge on any atom is 0.262 e. The first kappa shape index (κ1) is 17.0. The van der Waals surface area contributed by atoms with Crippen LogP contribution in [0.3, 0.4) is 0 Å². The molecule has 0 aliphatic heterocycles. The Morgan fingerprint density at radius 1 is 1.27 bits per heavy atom. The second kappa shape index (κ2) is 7.03. The molecule has 5 nitrogen and oxygen atoms in total. The molecule has 1 aliphatic carbocycles. The van der Waals surface area contributed by atoms with Gasteiger partial charge in [-0.15, -0.1) is 11.3 Å². The molecule has 2 heterocycles. The van der Waals surface area contributed by atoms with Crippen molar-refractivity contribution in [3.8, 4) is 10.4 Å². The van der Waals surface area contributed by atoms with Gasteiger partial charge in [-0.05, 0) is 31.4 Å². The van der Waals surface area contributed by atoms with Gasteiger partial charge in [-0.1, -0.05) is 43.2 Å². The van der Waals surface area contributed by atoms with Gasteiger partial charge in [0.05, 0.1) is 5.39 Å². The maximum absolute atomic E-state index is 12.9. The Hall–Kier alpha value is -2.47. The van der Waals surface area contributed by atoms with Gasteiger partial charge in [0.25, 0.3) is 5.56 Å². The highest BCUT2D eigenvalue weighted by Crippen LogP contribution is 2.30. The normalized spacial score (nSPS) is 14.8. The monoisotopic (exact) mass is 367 g/mol. The summed E-state index contributed by atoms with van der Waals surface area (Å²) in [5.41, 5.74) is 0.922. The van der Waals surface area contributed by atoms with E-state index in [0.29, 0.717) is 11.2 Å². The van der Waals surface area contributed by atoms with Crippen LogP contribution in [0, 0.1) is 6.92 Å². The van der Waals surface area contributed by atoms with Crippen LogP contribution in [0.15, 0.2) is 41.2 Å². The zero-order valence-electron chi connectivity index (χ0n) is 14.7. The Morgan fingerprint density at radius 3 is 2.73 bits per heavy atom. The molecule has 6 heteroatoms. The van der Waals surface area contributed by atoms with Crippen molar-refractivity contribution < 1.29 is 4.79 Å². The minimum absolute atomic E-state index is 0.0284. The summed E-state index contributed by atoms with van der Waals surface area (Å²) in [5, 5.41) is 3.61. The molecule has 4 rings (SSSR count). The zero-order chi connectivity index (χ0) is 18.1. The lowest BCUT2D eigenvalue weighted by molar-refractivity contribution is -0.122. The second-order valence-corrected chi connectivity index (χ2v) is 7.83. The van der Waals surface area contributed by atoms with Crippen LogP contribution in [0.5, 0.6) is 0 Å². The minimum Gasteiger partial charge on any atom is -0.352 e. The number of rotatable bonds is 4. The molecule has 1 aliphatic rings. The average molecular weight is 367 g/mol. The van der Waals surface area contributed by atoms with Crippen molar-refractivity contribution in [3.05, 3.63) is 52.6 Å². The molecule has 1 aromatic carbocycles. The van der Waals surface area contributed by atoms with Crippen LogP contribution in [0.4, 0.5) is 0 Å². The lowest BCUT2D eigenvalue weighted by atomic mass is 10.2. The number of thiophene rings is 1. The summed E-state index contributed by atoms with van der Waals surface area (Å²) in [6, 6.07) is 12.1. The zero-order valence-corrected chi connectivity index (χ0v) is 15.5. The number of hydrogen-bond acceptors (Lipinski definition) is 4. The fourth-order valence-electron chi connectivity index (χ4n) is 3.54. The Balaban J connectivity index is 1.65. The van der Waals surface area contributed by atoms with Crippen molar-refractivity contribution in [1.29, 1.82) is 0 Å². The number of amides is 1. The number of nitrogens with one attached hydrogen (secondary N) is 1. The van der Waals surface area contributed by atoms with E-state index >= 15 is 0 Å². The Bertz CT molecular complexity index is 1000. The molecular weight excluding hydrogens is 346 g/mol. The van der Waals surface area contributed by atoms with Gasteiger partial charge in [0, 0.05) is 10.9 Å². The predicted octanol–water partition coefficient (Wildman–Crippen LogP) is 3.49. The molecule has 0 radical (unpaired) electrons. The van der Waals surface area contributed by atoms with Crippen LogP contribution in [0.1, 0.15) is 31.5 Å². The number of fused-ring (bicyclic) bond motifs is 1. The third-order valence-corrected chi connectivity index (χ3v) is 6.00. The molecule has 2 aromatic heterocycles. The average Bonchev–Trinajstić information content (AvgIpc) is 3.29. The minimum atomic E-state index is -0.146. The predicted molar refractivity (Wildman–Crippen MR) is 104 cm³/mol. The number of nitrogens with zero attached hydrogens (tertiary/aromatic N) is 2. The summed E-state index contributed by atoms with van der Waals surface area (Å²) in [6.45, 7) is 1.81. The van der Waals surface area contributed by atoms with E-state index < -0.39 is 0 Å². The van der Waals surface area contributed by atoms with Crippen molar-refractivity contribution in [2.45, 2.75) is 45.2 Å². The summed E-state index contributed by atoms with van der Waals surface area (Å²) in [4.78, 5) is 31.6. The van der Waals surface area contributed by atoms with Gasteiger partial charge in [0.15, 0.2) is 0 Å². The van der Waals surface area contributed by atoms with Crippen molar-refractivity contribution in [1.82, 2.24) is 14.9 Å². The van der Waals surface area contributed by atoms with Gasteiger partial charge in [-0.25, -0.2) is 4.98 Å². The van der Waals surface area contributed by atoms with E-state index in [0.717, 1.165) is 41.0 Å². The third-order valence-electron chi connectivity index (χ3n) is 4.92. The van der Waals surface area contributed by atoms with E-state index in [2.05, 4.69) is 10.3 Å².